The zero-order chi connectivity index (χ0) is 20.9. The summed E-state index contributed by atoms with van der Waals surface area (Å²) >= 11 is 3.49. The van der Waals surface area contributed by atoms with Crippen LogP contribution in [0.1, 0.15) is 15.9 Å². The van der Waals surface area contributed by atoms with Crippen LogP contribution in [0.4, 0.5) is 5.69 Å². The predicted octanol–water partition coefficient (Wildman–Crippen LogP) is 6.44. The van der Waals surface area contributed by atoms with Crippen molar-refractivity contribution in [1.29, 1.82) is 0 Å². The van der Waals surface area contributed by atoms with Crippen LogP contribution in [-0.2, 0) is 6.61 Å². The van der Waals surface area contributed by atoms with E-state index < -0.39 is 0 Å². The quantitative estimate of drug-likeness (QED) is 0.359. The van der Waals surface area contributed by atoms with Gasteiger partial charge in [0.2, 0.25) is 0 Å². The van der Waals surface area contributed by atoms with Crippen molar-refractivity contribution < 1.29 is 14.3 Å². The smallest absolute Gasteiger partial charge is 0.255 e. The first-order valence-electron chi connectivity index (χ1n) is 9.49. The number of rotatable bonds is 6. The number of amides is 1. The molecule has 0 saturated carbocycles. The maximum absolute atomic E-state index is 13.0. The van der Waals surface area contributed by atoms with Crippen LogP contribution in [0.3, 0.4) is 0 Å². The Bertz CT molecular complexity index is 1190. The van der Waals surface area contributed by atoms with E-state index >= 15 is 0 Å². The van der Waals surface area contributed by atoms with Gasteiger partial charge in [0.25, 0.3) is 5.91 Å². The number of halogens is 1. The van der Waals surface area contributed by atoms with Gasteiger partial charge in [-0.1, -0.05) is 66.7 Å². The van der Waals surface area contributed by atoms with Crippen LogP contribution in [0.25, 0.3) is 10.8 Å². The second-order valence-electron chi connectivity index (χ2n) is 6.74. The largest absolute Gasteiger partial charge is 0.492 e. The Morgan fingerprint density at radius 1 is 0.933 bits per heavy atom. The number of ether oxygens (including phenoxy) is 2. The molecule has 0 aliphatic rings. The molecule has 4 aromatic rings. The summed E-state index contributed by atoms with van der Waals surface area (Å²) in [5.74, 6) is 0.825. The highest BCUT2D eigenvalue weighted by molar-refractivity contribution is 9.10. The first kappa shape index (κ1) is 20.0. The normalized spacial score (nSPS) is 10.6. The van der Waals surface area contributed by atoms with E-state index in [1.165, 1.54) is 0 Å². The highest BCUT2D eigenvalue weighted by Crippen LogP contribution is 2.37. The SMILES string of the molecule is COc1c(Br)cc(C(=O)Nc2cccc3ccccc23)cc1OCc1ccccc1. The van der Waals surface area contributed by atoms with Crippen molar-refractivity contribution in [3.8, 4) is 11.5 Å². The van der Waals surface area contributed by atoms with Gasteiger partial charge in [-0.15, -0.1) is 0 Å². The van der Waals surface area contributed by atoms with Crippen molar-refractivity contribution in [2.24, 2.45) is 0 Å². The number of benzene rings is 4. The Morgan fingerprint density at radius 2 is 1.67 bits per heavy atom. The van der Waals surface area contributed by atoms with Crippen LogP contribution in [0.5, 0.6) is 11.5 Å². The minimum absolute atomic E-state index is 0.223. The molecule has 150 valence electrons. The summed E-state index contributed by atoms with van der Waals surface area (Å²) in [5, 5.41) is 5.07. The monoisotopic (exact) mass is 461 g/mol. The lowest BCUT2D eigenvalue weighted by Gasteiger charge is -2.15. The van der Waals surface area contributed by atoms with Crippen LogP contribution in [0.2, 0.25) is 0 Å². The lowest BCUT2D eigenvalue weighted by atomic mass is 10.1. The molecule has 1 N–H and O–H groups in total. The minimum atomic E-state index is -0.223. The van der Waals surface area contributed by atoms with Crippen LogP contribution >= 0.6 is 15.9 Å². The number of fused-ring (bicyclic) bond motifs is 1. The maximum atomic E-state index is 13.0. The van der Waals surface area contributed by atoms with Crippen molar-refractivity contribution in [2.45, 2.75) is 6.61 Å². The first-order valence-corrected chi connectivity index (χ1v) is 10.3. The van der Waals surface area contributed by atoms with Gasteiger partial charge in [-0.3, -0.25) is 4.79 Å². The van der Waals surface area contributed by atoms with E-state index in [0.29, 0.717) is 28.1 Å². The molecule has 0 unspecified atom stereocenters. The Labute approximate surface area is 183 Å². The molecule has 0 heterocycles. The van der Waals surface area contributed by atoms with Gasteiger partial charge >= 0.3 is 0 Å². The van der Waals surface area contributed by atoms with Crippen molar-refractivity contribution in [3.63, 3.8) is 0 Å². The molecular formula is C25H20BrNO3. The fourth-order valence-electron chi connectivity index (χ4n) is 3.27. The molecule has 0 spiro atoms. The molecule has 0 radical (unpaired) electrons. The molecule has 30 heavy (non-hydrogen) atoms. The first-order chi connectivity index (χ1) is 14.7. The number of carbonyl (C=O) groups is 1. The summed E-state index contributed by atoms with van der Waals surface area (Å²) in [6.45, 7) is 0.373. The van der Waals surface area contributed by atoms with Gasteiger partial charge in [-0.2, -0.15) is 0 Å². The van der Waals surface area contributed by atoms with Gasteiger partial charge in [-0.05, 0) is 45.1 Å². The molecule has 0 saturated heterocycles. The van der Waals surface area contributed by atoms with Gasteiger partial charge in [0.05, 0.1) is 11.6 Å². The fraction of sp³-hybridized carbons (Fsp3) is 0.0800. The van der Waals surface area contributed by atoms with E-state index in [1.807, 2.05) is 72.8 Å². The summed E-state index contributed by atoms with van der Waals surface area (Å²) in [7, 11) is 1.57. The third-order valence-corrected chi connectivity index (χ3v) is 5.34. The second kappa shape index (κ2) is 9.01. The standard InChI is InChI=1S/C25H20BrNO3/c1-29-24-21(26)14-19(15-23(24)30-16-17-8-3-2-4-9-17)25(28)27-22-13-7-11-18-10-5-6-12-20(18)22/h2-15H,16H2,1H3,(H,27,28). The van der Waals surface area contributed by atoms with Gasteiger partial charge in [0.15, 0.2) is 11.5 Å². The average molecular weight is 462 g/mol. The van der Waals surface area contributed by atoms with Crippen molar-refractivity contribution in [3.05, 3.63) is 101 Å². The van der Waals surface area contributed by atoms with E-state index in [-0.39, 0.29) is 5.91 Å². The second-order valence-corrected chi connectivity index (χ2v) is 7.60. The fourth-order valence-corrected chi connectivity index (χ4v) is 3.87. The van der Waals surface area contributed by atoms with Crippen molar-refractivity contribution in [1.82, 2.24) is 0 Å². The van der Waals surface area contributed by atoms with Gasteiger partial charge in [-0.25, -0.2) is 0 Å². The number of anilines is 1. The molecule has 4 rings (SSSR count). The number of carbonyl (C=O) groups excluding carboxylic acids is 1. The highest BCUT2D eigenvalue weighted by atomic mass is 79.9. The minimum Gasteiger partial charge on any atom is -0.492 e. The van der Waals surface area contributed by atoms with Gasteiger partial charge in [0.1, 0.15) is 6.61 Å². The number of methoxy groups -OCH3 is 1. The molecule has 1 amide bonds. The summed E-state index contributed by atoms with van der Waals surface area (Å²) in [4.78, 5) is 13.0. The molecule has 0 fully saturated rings. The van der Waals surface area contributed by atoms with E-state index in [1.54, 1.807) is 19.2 Å². The van der Waals surface area contributed by atoms with Crippen LogP contribution in [0.15, 0.2) is 89.4 Å². The number of nitrogens with one attached hydrogen (secondary N) is 1. The van der Waals surface area contributed by atoms with Crippen molar-refractivity contribution >= 4 is 38.3 Å². The Kier molecular flexibility index (Phi) is 6.00. The van der Waals surface area contributed by atoms with Crippen LogP contribution < -0.4 is 14.8 Å². The molecule has 0 aliphatic carbocycles. The van der Waals surface area contributed by atoms with Gasteiger partial charge < -0.3 is 14.8 Å². The zero-order valence-electron chi connectivity index (χ0n) is 16.4. The summed E-state index contributed by atoms with van der Waals surface area (Å²) < 4.78 is 12.1. The highest BCUT2D eigenvalue weighted by Gasteiger charge is 2.16. The Morgan fingerprint density at radius 3 is 2.47 bits per heavy atom. The van der Waals surface area contributed by atoms with E-state index in [0.717, 1.165) is 22.0 Å². The molecule has 4 aromatic carbocycles. The van der Waals surface area contributed by atoms with Crippen molar-refractivity contribution in [2.75, 3.05) is 12.4 Å². The Hall–Kier alpha value is -3.31. The van der Waals surface area contributed by atoms with E-state index in [4.69, 9.17) is 9.47 Å². The van der Waals surface area contributed by atoms with Gasteiger partial charge in [0, 0.05) is 16.6 Å². The molecule has 0 aliphatic heterocycles. The molecule has 0 bridgehead atoms. The lowest BCUT2D eigenvalue weighted by molar-refractivity contribution is 0.102. The molecule has 0 atom stereocenters. The summed E-state index contributed by atoms with van der Waals surface area (Å²) in [5.41, 5.74) is 2.26. The summed E-state index contributed by atoms with van der Waals surface area (Å²) in [6.07, 6.45) is 0. The maximum Gasteiger partial charge on any atom is 0.255 e. The third kappa shape index (κ3) is 4.31. The lowest BCUT2D eigenvalue weighted by Crippen LogP contribution is -2.13. The number of hydrogen-bond donors (Lipinski definition) is 1. The molecule has 4 nitrogen and oxygen atoms in total. The zero-order valence-corrected chi connectivity index (χ0v) is 18.0. The van der Waals surface area contributed by atoms with Crippen LogP contribution in [-0.4, -0.2) is 13.0 Å². The predicted molar refractivity (Wildman–Crippen MR) is 123 cm³/mol. The molecular weight excluding hydrogens is 442 g/mol. The average Bonchev–Trinajstić information content (AvgIpc) is 2.78. The van der Waals surface area contributed by atoms with E-state index in [9.17, 15) is 4.79 Å². The Balaban J connectivity index is 1.61. The molecule has 0 aromatic heterocycles. The topological polar surface area (TPSA) is 47.6 Å². The molecule has 5 heteroatoms. The van der Waals surface area contributed by atoms with Crippen LogP contribution in [0, 0.1) is 0 Å². The van der Waals surface area contributed by atoms with E-state index in [2.05, 4.69) is 21.2 Å². The third-order valence-electron chi connectivity index (χ3n) is 4.75. The summed E-state index contributed by atoms with van der Waals surface area (Å²) in [6, 6.07) is 27.1. The number of hydrogen-bond acceptors (Lipinski definition) is 3.